The van der Waals surface area contributed by atoms with Gasteiger partial charge in [0.05, 0.1) is 5.69 Å². The first kappa shape index (κ1) is 16.0. The highest BCUT2D eigenvalue weighted by molar-refractivity contribution is 9.11. The molecule has 0 amide bonds. The van der Waals surface area contributed by atoms with Gasteiger partial charge in [-0.2, -0.15) is 0 Å². The van der Waals surface area contributed by atoms with Crippen molar-refractivity contribution in [2.24, 2.45) is 0 Å². The lowest BCUT2D eigenvalue weighted by Crippen LogP contribution is -2.18. The molecule has 1 unspecified atom stereocenters. The molecule has 5 heteroatoms. The third kappa shape index (κ3) is 4.30. The van der Waals surface area contributed by atoms with Crippen molar-refractivity contribution in [2.45, 2.75) is 19.4 Å². The van der Waals surface area contributed by atoms with Crippen molar-refractivity contribution in [3.8, 4) is 0 Å². The minimum atomic E-state index is -0.194. The van der Waals surface area contributed by atoms with Crippen LogP contribution in [0.5, 0.6) is 0 Å². The Labute approximate surface area is 143 Å². The molecule has 2 rings (SSSR count). The van der Waals surface area contributed by atoms with E-state index in [2.05, 4.69) is 60.0 Å². The number of rotatable bonds is 4. The predicted molar refractivity (Wildman–Crippen MR) is 92.7 cm³/mol. The first-order valence-corrected chi connectivity index (χ1v) is 8.49. The SMILES string of the molecule is CC(Cc1cccc(F)c1)Nc1c(Br)cc(Br)cc1Br. The van der Waals surface area contributed by atoms with E-state index in [9.17, 15) is 4.39 Å². The average Bonchev–Trinajstić information content (AvgIpc) is 2.33. The van der Waals surface area contributed by atoms with Gasteiger partial charge in [-0.05, 0) is 75.0 Å². The van der Waals surface area contributed by atoms with Gasteiger partial charge in [0.1, 0.15) is 5.82 Å². The van der Waals surface area contributed by atoms with Gasteiger partial charge >= 0.3 is 0 Å². The summed E-state index contributed by atoms with van der Waals surface area (Å²) in [6.07, 6.45) is 0.757. The standard InChI is InChI=1S/C15H13Br3FN/c1-9(5-10-3-2-4-12(19)6-10)20-15-13(17)7-11(16)8-14(15)18/h2-4,6-9,20H,5H2,1H3. The maximum Gasteiger partial charge on any atom is 0.123 e. The van der Waals surface area contributed by atoms with Crippen molar-refractivity contribution in [3.63, 3.8) is 0 Å². The second kappa shape index (κ2) is 7.05. The highest BCUT2D eigenvalue weighted by atomic mass is 79.9. The zero-order valence-electron chi connectivity index (χ0n) is 10.8. The molecular formula is C15H13Br3FN. The van der Waals surface area contributed by atoms with Gasteiger partial charge < -0.3 is 5.32 Å². The molecule has 0 aromatic heterocycles. The van der Waals surface area contributed by atoms with Crippen LogP contribution in [0.15, 0.2) is 49.8 Å². The maximum absolute atomic E-state index is 13.2. The summed E-state index contributed by atoms with van der Waals surface area (Å²) in [6.45, 7) is 2.08. The van der Waals surface area contributed by atoms with E-state index in [0.29, 0.717) is 0 Å². The lowest BCUT2D eigenvalue weighted by molar-refractivity contribution is 0.624. The number of hydrogen-bond acceptors (Lipinski definition) is 1. The van der Waals surface area contributed by atoms with Crippen LogP contribution in [0.1, 0.15) is 12.5 Å². The third-order valence-corrected chi connectivity index (χ3v) is 4.54. The Bertz CT molecular complexity index is 593. The fourth-order valence-corrected chi connectivity index (χ4v) is 4.48. The first-order chi connectivity index (χ1) is 9.45. The topological polar surface area (TPSA) is 12.0 Å². The van der Waals surface area contributed by atoms with Crippen LogP contribution >= 0.6 is 47.8 Å². The summed E-state index contributed by atoms with van der Waals surface area (Å²) in [4.78, 5) is 0. The summed E-state index contributed by atoms with van der Waals surface area (Å²) in [7, 11) is 0. The molecule has 106 valence electrons. The van der Waals surface area contributed by atoms with E-state index in [-0.39, 0.29) is 11.9 Å². The Balaban J connectivity index is 2.10. The molecule has 1 N–H and O–H groups in total. The van der Waals surface area contributed by atoms with Gasteiger partial charge in [0.25, 0.3) is 0 Å². The number of benzene rings is 2. The lowest BCUT2D eigenvalue weighted by atomic mass is 10.1. The Morgan fingerprint density at radius 2 is 1.75 bits per heavy atom. The molecule has 2 aromatic rings. The van der Waals surface area contributed by atoms with Crippen molar-refractivity contribution in [2.75, 3.05) is 5.32 Å². The van der Waals surface area contributed by atoms with Crippen molar-refractivity contribution in [1.82, 2.24) is 0 Å². The quantitative estimate of drug-likeness (QED) is 0.570. The third-order valence-electron chi connectivity index (χ3n) is 2.83. The average molecular weight is 466 g/mol. The number of halogens is 4. The molecule has 0 aliphatic heterocycles. The van der Waals surface area contributed by atoms with Gasteiger partial charge in [0.2, 0.25) is 0 Å². The summed E-state index contributed by atoms with van der Waals surface area (Å²) in [6, 6.07) is 10.9. The summed E-state index contributed by atoms with van der Waals surface area (Å²) >= 11 is 10.5. The van der Waals surface area contributed by atoms with Crippen LogP contribution in [0.25, 0.3) is 0 Å². The van der Waals surface area contributed by atoms with Crippen molar-refractivity contribution >= 4 is 53.5 Å². The van der Waals surface area contributed by atoms with Crippen LogP contribution < -0.4 is 5.32 Å². The molecule has 0 bridgehead atoms. The van der Waals surface area contributed by atoms with Crippen molar-refractivity contribution in [3.05, 3.63) is 61.2 Å². The summed E-state index contributed by atoms with van der Waals surface area (Å²) in [5.74, 6) is -0.194. The largest absolute Gasteiger partial charge is 0.380 e. The number of anilines is 1. The number of nitrogens with one attached hydrogen (secondary N) is 1. The van der Waals surface area contributed by atoms with E-state index in [0.717, 1.165) is 31.1 Å². The Hall–Kier alpha value is -0.390. The van der Waals surface area contributed by atoms with Gasteiger partial charge in [-0.25, -0.2) is 4.39 Å². The molecule has 0 heterocycles. The zero-order chi connectivity index (χ0) is 14.7. The van der Waals surface area contributed by atoms with Crippen LogP contribution in [0, 0.1) is 5.82 Å². The van der Waals surface area contributed by atoms with Gasteiger partial charge in [-0.1, -0.05) is 28.1 Å². The fraction of sp³-hybridized carbons (Fsp3) is 0.200. The summed E-state index contributed by atoms with van der Waals surface area (Å²) < 4.78 is 16.1. The first-order valence-electron chi connectivity index (χ1n) is 6.11. The van der Waals surface area contributed by atoms with Crippen LogP contribution in [0.2, 0.25) is 0 Å². The minimum Gasteiger partial charge on any atom is -0.380 e. The van der Waals surface area contributed by atoms with Crippen LogP contribution in [-0.4, -0.2) is 6.04 Å². The Morgan fingerprint density at radius 1 is 1.10 bits per heavy atom. The summed E-state index contributed by atoms with van der Waals surface area (Å²) in [5.41, 5.74) is 1.98. The van der Waals surface area contributed by atoms with Crippen molar-refractivity contribution < 1.29 is 4.39 Å². The minimum absolute atomic E-state index is 0.186. The van der Waals surface area contributed by atoms with E-state index in [1.807, 2.05) is 18.2 Å². The highest BCUT2D eigenvalue weighted by Gasteiger charge is 2.11. The molecule has 0 saturated carbocycles. The lowest BCUT2D eigenvalue weighted by Gasteiger charge is -2.18. The second-order valence-corrected chi connectivity index (χ2v) is 7.25. The predicted octanol–water partition coefficient (Wildman–Crippen LogP) is 6.16. The van der Waals surface area contributed by atoms with Gasteiger partial charge in [-0.3, -0.25) is 0 Å². The normalized spacial score (nSPS) is 12.2. The molecule has 0 saturated heterocycles. The molecule has 1 nitrogen and oxygen atoms in total. The van der Waals surface area contributed by atoms with Gasteiger partial charge in [0, 0.05) is 19.5 Å². The Morgan fingerprint density at radius 3 is 2.35 bits per heavy atom. The van der Waals surface area contributed by atoms with Crippen LogP contribution in [0.4, 0.5) is 10.1 Å². The number of hydrogen-bond donors (Lipinski definition) is 1. The zero-order valence-corrected chi connectivity index (χ0v) is 15.5. The van der Waals surface area contributed by atoms with Gasteiger partial charge in [-0.15, -0.1) is 0 Å². The van der Waals surface area contributed by atoms with E-state index in [4.69, 9.17) is 0 Å². The van der Waals surface area contributed by atoms with Crippen molar-refractivity contribution in [1.29, 1.82) is 0 Å². The van der Waals surface area contributed by atoms with Crippen LogP contribution in [-0.2, 0) is 6.42 Å². The molecule has 20 heavy (non-hydrogen) atoms. The molecule has 1 atom stereocenters. The van der Waals surface area contributed by atoms with E-state index < -0.39 is 0 Å². The van der Waals surface area contributed by atoms with E-state index >= 15 is 0 Å². The molecule has 0 aliphatic rings. The molecule has 2 aromatic carbocycles. The monoisotopic (exact) mass is 463 g/mol. The van der Waals surface area contributed by atoms with E-state index in [1.54, 1.807) is 12.1 Å². The molecular weight excluding hydrogens is 453 g/mol. The van der Waals surface area contributed by atoms with Crippen LogP contribution in [0.3, 0.4) is 0 Å². The highest BCUT2D eigenvalue weighted by Crippen LogP contribution is 2.34. The van der Waals surface area contributed by atoms with E-state index in [1.165, 1.54) is 6.07 Å². The van der Waals surface area contributed by atoms with Gasteiger partial charge in [0.15, 0.2) is 0 Å². The molecule has 0 aliphatic carbocycles. The smallest absolute Gasteiger partial charge is 0.123 e. The molecule has 0 radical (unpaired) electrons. The Kier molecular flexibility index (Phi) is 5.64. The maximum atomic E-state index is 13.2. The molecule has 0 fully saturated rings. The fourth-order valence-electron chi connectivity index (χ4n) is 2.00. The summed E-state index contributed by atoms with van der Waals surface area (Å²) in [5, 5.41) is 3.44. The molecule has 0 spiro atoms. The second-order valence-electron chi connectivity index (χ2n) is 4.62.